The van der Waals surface area contributed by atoms with E-state index >= 15 is 0 Å². The van der Waals surface area contributed by atoms with Crippen molar-refractivity contribution in [1.29, 1.82) is 0 Å². The fraction of sp³-hybridized carbons (Fsp3) is 0.700. The van der Waals surface area contributed by atoms with E-state index in [1.807, 2.05) is 0 Å². The zero-order valence-corrected chi connectivity index (χ0v) is 15.1. The standard InChI is InChI=1S/C20H32N2O2/c1-16-6-5-7-17(14-16)22-12-10-20(24,11-13-22)15-21(2)18-8-3-4-9-19(18)23/h5-7,14,18-19,23-24H,3-4,8-13,15H2,1-2H3/t18-,19+/m0/s1. The zero-order valence-electron chi connectivity index (χ0n) is 15.1. The number of piperidine rings is 1. The van der Waals surface area contributed by atoms with Crippen LogP contribution in [0.4, 0.5) is 5.69 Å². The molecule has 1 saturated carbocycles. The smallest absolute Gasteiger partial charge is 0.0807 e. The van der Waals surface area contributed by atoms with Gasteiger partial charge in [0.15, 0.2) is 0 Å². The van der Waals surface area contributed by atoms with E-state index in [9.17, 15) is 10.2 Å². The van der Waals surface area contributed by atoms with Crippen LogP contribution in [0, 0.1) is 6.92 Å². The minimum atomic E-state index is -0.633. The van der Waals surface area contributed by atoms with Gasteiger partial charge in [0.05, 0.1) is 11.7 Å². The average molecular weight is 332 g/mol. The summed E-state index contributed by atoms with van der Waals surface area (Å²) in [5.41, 5.74) is 1.90. The van der Waals surface area contributed by atoms with E-state index in [0.29, 0.717) is 6.54 Å². The molecule has 134 valence electrons. The first kappa shape index (κ1) is 17.7. The lowest BCUT2D eigenvalue weighted by molar-refractivity contribution is -0.0448. The fourth-order valence-corrected chi connectivity index (χ4v) is 4.35. The van der Waals surface area contributed by atoms with E-state index in [4.69, 9.17) is 0 Å². The molecule has 4 heteroatoms. The molecular weight excluding hydrogens is 300 g/mol. The Morgan fingerprint density at radius 2 is 1.92 bits per heavy atom. The van der Waals surface area contributed by atoms with Crippen LogP contribution in [0.3, 0.4) is 0 Å². The largest absolute Gasteiger partial charge is 0.391 e. The number of rotatable bonds is 4. The van der Waals surface area contributed by atoms with Gasteiger partial charge in [0.25, 0.3) is 0 Å². The Balaban J connectivity index is 1.56. The first-order chi connectivity index (χ1) is 11.5. The van der Waals surface area contributed by atoms with E-state index in [2.05, 4.69) is 48.0 Å². The molecule has 2 atom stereocenters. The Hall–Kier alpha value is -1.10. The van der Waals surface area contributed by atoms with Gasteiger partial charge in [-0.05, 0) is 57.4 Å². The van der Waals surface area contributed by atoms with Crippen molar-refractivity contribution < 1.29 is 10.2 Å². The Kier molecular flexibility index (Phi) is 5.48. The lowest BCUT2D eigenvalue weighted by Crippen LogP contribution is -2.54. The van der Waals surface area contributed by atoms with Gasteiger partial charge in [-0.15, -0.1) is 0 Å². The quantitative estimate of drug-likeness (QED) is 0.890. The Bertz CT molecular complexity index is 540. The minimum Gasteiger partial charge on any atom is -0.391 e. The summed E-state index contributed by atoms with van der Waals surface area (Å²) in [7, 11) is 2.06. The third kappa shape index (κ3) is 4.11. The van der Waals surface area contributed by atoms with Crippen molar-refractivity contribution in [2.24, 2.45) is 0 Å². The van der Waals surface area contributed by atoms with E-state index in [1.165, 1.54) is 17.7 Å². The van der Waals surface area contributed by atoms with Crippen LogP contribution >= 0.6 is 0 Å². The lowest BCUT2D eigenvalue weighted by atomic mass is 9.87. The molecule has 3 rings (SSSR count). The molecule has 2 N–H and O–H groups in total. The fourth-order valence-electron chi connectivity index (χ4n) is 4.35. The van der Waals surface area contributed by atoms with Gasteiger partial charge in [-0.2, -0.15) is 0 Å². The van der Waals surface area contributed by atoms with Gasteiger partial charge in [0.1, 0.15) is 0 Å². The molecule has 0 amide bonds. The number of likely N-dealkylation sites (N-methyl/N-ethyl adjacent to an activating group) is 1. The third-order valence-electron chi connectivity index (χ3n) is 5.86. The maximum Gasteiger partial charge on any atom is 0.0807 e. The molecule has 2 aliphatic rings. The number of aliphatic hydroxyl groups is 2. The van der Waals surface area contributed by atoms with Gasteiger partial charge < -0.3 is 15.1 Å². The number of aliphatic hydroxyl groups excluding tert-OH is 1. The molecule has 1 aliphatic carbocycles. The van der Waals surface area contributed by atoms with E-state index in [-0.39, 0.29) is 12.1 Å². The molecule has 1 aromatic carbocycles. The number of nitrogens with zero attached hydrogens (tertiary/aromatic N) is 2. The van der Waals surface area contributed by atoms with Crippen LogP contribution in [0.5, 0.6) is 0 Å². The summed E-state index contributed by atoms with van der Waals surface area (Å²) in [5.74, 6) is 0. The van der Waals surface area contributed by atoms with Crippen LogP contribution in [0.2, 0.25) is 0 Å². The number of hydrogen-bond donors (Lipinski definition) is 2. The van der Waals surface area contributed by atoms with Crippen molar-refractivity contribution in [1.82, 2.24) is 4.90 Å². The minimum absolute atomic E-state index is 0.206. The maximum atomic E-state index is 11.0. The first-order valence-corrected chi connectivity index (χ1v) is 9.39. The van der Waals surface area contributed by atoms with Crippen molar-refractivity contribution >= 4 is 5.69 Å². The van der Waals surface area contributed by atoms with Crippen LogP contribution < -0.4 is 4.90 Å². The van der Waals surface area contributed by atoms with Gasteiger partial charge in [0.2, 0.25) is 0 Å². The SMILES string of the molecule is Cc1cccc(N2CCC(O)(CN(C)[C@H]3CCCC[C@H]3O)CC2)c1. The van der Waals surface area contributed by atoms with E-state index < -0.39 is 5.60 Å². The highest BCUT2D eigenvalue weighted by atomic mass is 16.3. The summed E-state index contributed by atoms with van der Waals surface area (Å²) < 4.78 is 0. The summed E-state index contributed by atoms with van der Waals surface area (Å²) in [6.45, 7) is 4.56. The second-order valence-corrected chi connectivity index (χ2v) is 7.88. The van der Waals surface area contributed by atoms with Crippen LogP contribution in [0.15, 0.2) is 24.3 Å². The van der Waals surface area contributed by atoms with Crippen LogP contribution in [0.25, 0.3) is 0 Å². The molecule has 0 unspecified atom stereocenters. The monoisotopic (exact) mass is 332 g/mol. The highest BCUT2D eigenvalue weighted by molar-refractivity contribution is 5.48. The van der Waals surface area contributed by atoms with Gasteiger partial charge in [0, 0.05) is 31.4 Å². The number of hydrogen-bond acceptors (Lipinski definition) is 4. The second-order valence-electron chi connectivity index (χ2n) is 7.88. The van der Waals surface area contributed by atoms with Gasteiger partial charge in [-0.25, -0.2) is 0 Å². The maximum absolute atomic E-state index is 11.0. The van der Waals surface area contributed by atoms with Gasteiger partial charge >= 0.3 is 0 Å². The first-order valence-electron chi connectivity index (χ1n) is 9.39. The van der Waals surface area contributed by atoms with Crippen LogP contribution in [-0.2, 0) is 0 Å². The Labute approximate surface area is 146 Å². The number of aryl methyl sites for hydroxylation is 1. The summed E-state index contributed by atoms with van der Waals surface area (Å²) in [6.07, 6.45) is 5.59. The molecule has 1 saturated heterocycles. The summed E-state index contributed by atoms with van der Waals surface area (Å²) in [4.78, 5) is 4.57. The summed E-state index contributed by atoms with van der Waals surface area (Å²) in [6, 6.07) is 8.80. The normalized spacial score (nSPS) is 27.5. The lowest BCUT2D eigenvalue weighted by Gasteiger charge is -2.44. The summed E-state index contributed by atoms with van der Waals surface area (Å²) >= 11 is 0. The molecule has 1 aliphatic heterocycles. The van der Waals surface area contributed by atoms with Gasteiger partial charge in [-0.3, -0.25) is 4.90 Å². The molecule has 24 heavy (non-hydrogen) atoms. The molecule has 0 radical (unpaired) electrons. The van der Waals surface area contributed by atoms with Crippen molar-refractivity contribution in [2.75, 3.05) is 31.6 Å². The highest BCUT2D eigenvalue weighted by Gasteiger charge is 2.36. The Morgan fingerprint density at radius 1 is 1.21 bits per heavy atom. The van der Waals surface area contributed by atoms with Crippen molar-refractivity contribution in [3.05, 3.63) is 29.8 Å². The molecule has 1 aromatic rings. The molecule has 0 bridgehead atoms. The summed E-state index contributed by atoms with van der Waals surface area (Å²) in [5, 5.41) is 21.3. The van der Waals surface area contributed by atoms with E-state index in [0.717, 1.165) is 45.2 Å². The predicted molar refractivity (Wildman–Crippen MR) is 98.5 cm³/mol. The molecule has 0 aromatic heterocycles. The molecule has 0 spiro atoms. The molecule has 1 heterocycles. The number of benzene rings is 1. The Morgan fingerprint density at radius 3 is 2.58 bits per heavy atom. The molecular formula is C20H32N2O2. The molecule has 4 nitrogen and oxygen atoms in total. The topological polar surface area (TPSA) is 46.9 Å². The van der Waals surface area contributed by atoms with Crippen LogP contribution in [0.1, 0.15) is 44.1 Å². The zero-order chi connectivity index (χ0) is 17.2. The predicted octanol–water partition coefficient (Wildman–Crippen LogP) is 2.56. The average Bonchev–Trinajstić information content (AvgIpc) is 2.55. The van der Waals surface area contributed by atoms with Crippen molar-refractivity contribution in [3.8, 4) is 0 Å². The van der Waals surface area contributed by atoms with E-state index in [1.54, 1.807) is 0 Å². The third-order valence-corrected chi connectivity index (χ3v) is 5.86. The van der Waals surface area contributed by atoms with Crippen molar-refractivity contribution in [2.45, 2.75) is 63.2 Å². The number of anilines is 1. The second kappa shape index (κ2) is 7.42. The van der Waals surface area contributed by atoms with Crippen LogP contribution in [-0.4, -0.2) is 59.5 Å². The van der Waals surface area contributed by atoms with Gasteiger partial charge in [-0.1, -0.05) is 25.0 Å². The molecule has 2 fully saturated rings. The highest BCUT2D eigenvalue weighted by Crippen LogP contribution is 2.30. The van der Waals surface area contributed by atoms with Crippen molar-refractivity contribution in [3.63, 3.8) is 0 Å².